The van der Waals surface area contributed by atoms with E-state index in [9.17, 15) is 4.79 Å². The molecule has 6 heteroatoms. The van der Waals surface area contributed by atoms with Gasteiger partial charge >= 0.3 is 6.09 Å². The Morgan fingerprint density at radius 3 is 2.62 bits per heavy atom. The maximum atomic E-state index is 11.4. The van der Waals surface area contributed by atoms with Crippen molar-refractivity contribution in [2.45, 2.75) is 0 Å². The van der Waals surface area contributed by atoms with Gasteiger partial charge in [0.15, 0.2) is 5.75 Å². The molecule has 0 radical (unpaired) electrons. The number of aromatic nitrogens is 2. The Bertz CT molecular complexity index is 1070. The van der Waals surface area contributed by atoms with Gasteiger partial charge < -0.3 is 15.5 Å². The van der Waals surface area contributed by atoms with Crippen LogP contribution in [0.15, 0.2) is 59.3 Å². The Kier molecular flexibility index (Phi) is 3.46. The summed E-state index contributed by atoms with van der Waals surface area (Å²) in [6.45, 7) is 0. The number of rotatable bonds is 2. The second-order valence-corrected chi connectivity index (χ2v) is 6.26. The molecule has 0 spiro atoms. The van der Waals surface area contributed by atoms with E-state index in [-0.39, 0.29) is 0 Å². The number of nitrogens with two attached hydrogens (primary N) is 1. The van der Waals surface area contributed by atoms with Gasteiger partial charge in [0.05, 0.1) is 11.2 Å². The summed E-state index contributed by atoms with van der Waals surface area (Å²) in [6, 6.07) is 13.5. The zero-order chi connectivity index (χ0) is 16.7. The van der Waals surface area contributed by atoms with Gasteiger partial charge in [0.1, 0.15) is 0 Å². The van der Waals surface area contributed by atoms with Crippen LogP contribution in [0.5, 0.6) is 5.75 Å². The minimum absolute atomic E-state index is 0.429. The number of aromatic amines is 1. The monoisotopic (exact) mass is 381 g/mol. The number of carbonyl (C=O) groups excluding carboxylic acids is 1. The average molecular weight is 382 g/mol. The summed E-state index contributed by atoms with van der Waals surface area (Å²) in [7, 11) is 0. The predicted octanol–water partition coefficient (Wildman–Crippen LogP) is 4.60. The summed E-state index contributed by atoms with van der Waals surface area (Å²) < 4.78 is 6.28. The zero-order valence-corrected chi connectivity index (χ0v) is 14.0. The number of H-pyrrole nitrogens is 1. The molecule has 118 valence electrons. The number of amides is 1. The molecule has 0 aliphatic carbocycles. The van der Waals surface area contributed by atoms with E-state index >= 15 is 0 Å². The van der Waals surface area contributed by atoms with E-state index in [1.807, 2.05) is 42.5 Å². The molecular weight excluding hydrogens is 370 g/mol. The van der Waals surface area contributed by atoms with Crippen molar-refractivity contribution in [2.75, 3.05) is 0 Å². The molecule has 24 heavy (non-hydrogen) atoms. The number of halogens is 1. The third-order valence-electron chi connectivity index (χ3n) is 3.88. The average Bonchev–Trinajstić information content (AvgIpc) is 2.94. The van der Waals surface area contributed by atoms with Gasteiger partial charge in [-0.05, 0) is 24.3 Å². The molecule has 2 aromatic carbocycles. The molecule has 0 bridgehead atoms. The van der Waals surface area contributed by atoms with Crippen molar-refractivity contribution in [3.63, 3.8) is 0 Å². The Labute approximate surface area is 145 Å². The van der Waals surface area contributed by atoms with E-state index in [2.05, 4.69) is 25.9 Å². The van der Waals surface area contributed by atoms with Crippen molar-refractivity contribution in [1.82, 2.24) is 9.97 Å². The molecular formula is C18H12BrN3O2. The fourth-order valence-corrected chi connectivity index (χ4v) is 3.10. The standard InChI is InChI=1S/C18H12BrN3O2/c19-12-4-1-10(2-5-12)15-17(24-18(20)23)14-6-3-11-9-21-8-7-13(11)16(14)22-15/h1-9,22H,(H2,20,23). The lowest BCUT2D eigenvalue weighted by Gasteiger charge is -2.04. The van der Waals surface area contributed by atoms with Crippen LogP contribution < -0.4 is 10.5 Å². The molecule has 4 rings (SSSR count). The van der Waals surface area contributed by atoms with Gasteiger partial charge in [-0.15, -0.1) is 0 Å². The van der Waals surface area contributed by atoms with Gasteiger partial charge in [-0.3, -0.25) is 4.98 Å². The number of ether oxygens (including phenoxy) is 1. The third-order valence-corrected chi connectivity index (χ3v) is 4.41. The molecule has 0 saturated heterocycles. The molecule has 0 aliphatic heterocycles. The SMILES string of the molecule is NC(=O)Oc1c(-c2ccc(Br)cc2)[nH]c2c1ccc1cnccc12. The molecule has 2 heterocycles. The largest absolute Gasteiger partial charge is 0.410 e. The second kappa shape index (κ2) is 5.65. The van der Waals surface area contributed by atoms with Crippen LogP contribution in [0.4, 0.5) is 4.79 Å². The number of hydrogen-bond acceptors (Lipinski definition) is 3. The first-order chi connectivity index (χ1) is 11.6. The molecule has 5 nitrogen and oxygen atoms in total. The number of pyridine rings is 1. The summed E-state index contributed by atoms with van der Waals surface area (Å²) in [5, 5.41) is 2.80. The molecule has 4 aromatic rings. The van der Waals surface area contributed by atoms with Gasteiger partial charge in [-0.1, -0.05) is 34.1 Å². The van der Waals surface area contributed by atoms with Gasteiger partial charge in [-0.2, -0.15) is 0 Å². The summed E-state index contributed by atoms with van der Waals surface area (Å²) in [5.41, 5.74) is 7.75. The molecule has 1 amide bonds. The van der Waals surface area contributed by atoms with Crippen LogP contribution in [0, 0.1) is 0 Å². The third kappa shape index (κ3) is 2.41. The van der Waals surface area contributed by atoms with E-state index in [4.69, 9.17) is 10.5 Å². The predicted molar refractivity (Wildman–Crippen MR) is 96.9 cm³/mol. The van der Waals surface area contributed by atoms with E-state index < -0.39 is 6.09 Å². The lowest BCUT2D eigenvalue weighted by atomic mass is 10.1. The maximum Gasteiger partial charge on any atom is 0.410 e. The summed E-state index contributed by atoms with van der Waals surface area (Å²) in [5.74, 6) is 0.429. The first kappa shape index (κ1) is 14.7. The first-order valence-electron chi connectivity index (χ1n) is 7.25. The number of nitrogens with zero attached hydrogens (tertiary/aromatic N) is 1. The second-order valence-electron chi connectivity index (χ2n) is 5.34. The molecule has 2 aromatic heterocycles. The summed E-state index contributed by atoms with van der Waals surface area (Å²) in [6.07, 6.45) is 2.68. The van der Waals surface area contributed by atoms with E-state index in [1.54, 1.807) is 12.4 Å². The highest BCUT2D eigenvalue weighted by atomic mass is 79.9. The Morgan fingerprint density at radius 2 is 1.88 bits per heavy atom. The van der Waals surface area contributed by atoms with Crippen molar-refractivity contribution in [1.29, 1.82) is 0 Å². The van der Waals surface area contributed by atoms with E-state index in [0.717, 1.165) is 31.7 Å². The van der Waals surface area contributed by atoms with Crippen LogP contribution in [-0.4, -0.2) is 16.1 Å². The molecule has 0 unspecified atom stereocenters. The molecule has 0 fully saturated rings. The summed E-state index contributed by atoms with van der Waals surface area (Å²) >= 11 is 3.42. The van der Waals surface area contributed by atoms with E-state index in [0.29, 0.717) is 11.4 Å². The van der Waals surface area contributed by atoms with Crippen LogP contribution in [-0.2, 0) is 0 Å². The maximum absolute atomic E-state index is 11.4. The van der Waals surface area contributed by atoms with Crippen LogP contribution in [0.25, 0.3) is 32.9 Å². The molecule has 0 aliphatic rings. The van der Waals surface area contributed by atoms with Crippen LogP contribution in [0.1, 0.15) is 0 Å². The number of primary amides is 1. The minimum Gasteiger partial charge on any atom is -0.408 e. The molecule has 3 N–H and O–H groups in total. The highest BCUT2D eigenvalue weighted by Gasteiger charge is 2.18. The minimum atomic E-state index is -0.843. The molecule has 0 atom stereocenters. The van der Waals surface area contributed by atoms with Crippen molar-refractivity contribution < 1.29 is 9.53 Å². The normalized spacial score (nSPS) is 11.0. The fourth-order valence-electron chi connectivity index (χ4n) is 2.84. The van der Waals surface area contributed by atoms with Crippen LogP contribution >= 0.6 is 15.9 Å². The highest BCUT2D eigenvalue weighted by molar-refractivity contribution is 9.10. The lowest BCUT2D eigenvalue weighted by Crippen LogP contribution is -2.16. The van der Waals surface area contributed by atoms with Crippen molar-refractivity contribution in [2.24, 2.45) is 5.73 Å². The van der Waals surface area contributed by atoms with Crippen molar-refractivity contribution in [3.05, 3.63) is 59.3 Å². The van der Waals surface area contributed by atoms with Crippen molar-refractivity contribution >= 4 is 43.7 Å². The number of fused-ring (bicyclic) bond motifs is 3. The van der Waals surface area contributed by atoms with Gasteiger partial charge in [-0.25, -0.2) is 4.79 Å². The first-order valence-corrected chi connectivity index (χ1v) is 8.04. The number of carbonyl (C=O) groups is 1. The van der Waals surface area contributed by atoms with Crippen molar-refractivity contribution in [3.8, 4) is 17.0 Å². The van der Waals surface area contributed by atoms with Crippen LogP contribution in [0.3, 0.4) is 0 Å². The number of hydrogen-bond donors (Lipinski definition) is 2. The Hall–Kier alpha value is -2.86. The summed E-state index contributed by atoms with van der Waals surface area (Å²) in [4.78, 5) is 18.9. The quantitative estimate of drug-likeness (QED) is 0.532. The fraction of sp³-hybridized carbons (Fsp3) is 0. The Morgan fingerprint density at radius 1 is 1.08 bits per heavy atom. The topological polar surface area (TPSA) is 81.0 Å². The highest BCUT2D eigenvalue weighted by Crippen LogP contribution is 2.40. The smallest absolute Gasteiger partial charge is 0.408 e. The van der Waals surface area contributed by atoms with E-state index in [1.165, 1.54) is 0 Å². The lowest BCUT2D eigenvalue weighted by molar-refractivity contribution is 0.211. The van der Waals surface area contributed by atoms with Gasteiger partial charge in [0.2, 0.25) is 0 Å². The van der Waals surface area contributed by atoms with Gasteiger partial charge in [0, 0.05) is 38.6 Å². The zero-order valence-electron chi connectivity index (χ0n) is 12.4. The van der Waals surface area contributed by atoms with Crippen LogP contribution in [0.2, 0.25) is 0 Å². The number of benzene rings is 2. The Balaban J connectivity index is 2.05. The van der Waals surface area contributed by atoms with Gasteiger partial charge in [0.25, 0.3) is 0 Å². The molecule has 0 saturated carbocycles. The number of nitrogens with one attached hydrogen (secondary N) is 1.